The zero-order chi connectivity index (χ0) is 14.6. The molecule has 0 radical (unpaired) electrons. The highest BCUT2D eigenvalue weighted by Gasteiger charge is 2.28. The molecule has 104 valence electrons. The third-order valence-electron chi connectivity index (χ3n) is 3.34. The Labute approximate surface area is 119 Å². The van der Waals surface area contributed by atoms with Gasteiger partial charge < -0.3 is 10.3 Å². The third kappa shape index (κ3) is 3.05. The van der Waals surface area contributed by atoms with Crippen molar-refractivity contribution in [3.8, 4) is 6.07 Å². The highest BCUT2D eigenvalue weighted by molar-refractivity contribution is 5.31. The van der Waals surface area contributed by atoms with Crippen molar-refractivity contribution in [3.05, 3.63) is 54.1 Å². The van der Waals surface area contributed by atoms with Gasteiger partial charge in [0.15, 0.2) is 0 Å². The molecule has 0 aliphatic carbocycles. The Morgan fingerprint density at radius 2 is 2.10 bits per heavy atom. The van der Waals surface area contributed by atoms with E-state index < -0.39 is 5.54 Å². The van der Waals surface area contributed by atoms with Crippen LogP contribution in [-0.2, 0) is 19.1 Å². The van der Waals surface area contributed by atoms with E-state index in [0.717, 1.165) is 11.4 Å². The van der Waals surface area contributed by atoms with Crippen LogP contribution in [0.25, 0.3) is 0 Å². The molecule has 1 aromatic carbocycles. The van der Waals surface area contributed by atoms with E-state index in [2.05, 4.69) is 11.1 Å². The van der Waals surface area contributed by atoms with Gasteiger partial charge in [0.2, 0.25) is 0 Å². The lowest BCUT2D eigenvalue weighted by Crippen LogP contribution is -2.45. The lowest BCUT2D eigenvalue weighted by atomic mass is 9.92. The normalized spacial score (nSPS) is 13.9. The van der Waals surface area contributed by atoms with Crippen LogP contribution in [0.1, 0.15) is 11.4 Å². The van der Waals surface area contributed by atoms with Gasteiger partial charge in [-0.3, -0.25) is 4.90 Å². The average Bonchev–Trinajstić information content (AvgIpc) is 2.85. The number of benzene rings is 1. The highest BCUT2D eigenvalue weighted by atomic mass is 15.2. The van der Waals surface area contributed by atoms with E-state index in [0.29, 0.717) is 13.1 Å². The highest BCUT2D eigenvalue weighted by Crippen LogP contribution is 2.18. The Balaban J connectivity index is 2.11. The van der Waals surface area contributed by atoms with E-state index in [1.54, 1.807) is 6.20 Å². The summed E-state index contributed by atoms with van der Waals surface area (Å²) in [7, 11) is 3.89. The molecule has 0 amide bonds. The van der Waals surface area contributed by atoms with Crippen molar-refractivity contribution in [3.63, 3.8) is 0 Å². The monoisotopic (exact) mass is 269 g/mol. The van der Waals surface area contributed by atoms with Gasteiger partial charge in [0, 0.05) is 26.0 Å². The van der Waals surface area contributed by atoms with Crippen LogP contribution in [0.5, 0.6) is 0 Å². The van der Waals surface area contributed by atoms with Crippen LogP contribution >= 0.6 is 0 Å². The molecule has 1 unspecified atom stereocenters. The molecule has 1 heterocycles. The number of hydrogen-bond acceptors (Lipinski definition) is 4. The number of nitriles is 1. The minimum atomic E-state index is -1.01. The van der Waals surface area contributed by atoms with E-state index in [9.17, 15) is 5.26 Å². The molecule has 2 aromatic rings. The fourth-order valence-electron chi connectivity index (χ4n) is 2.20. The van der Waals surface area contributed by atoms with Gasteiger partial charge in [-0.05, 0) is 12.6 Å². The van der Waals surface area contributed by atoms with Gasteiger partial charge in [0.05, 0.1) is 12.6 Å². The molecule has 0 aliphatic rings. The summed E-state index contributed by atoms with van der Waals surface area (Å²) in [6.07, 6.45) is 3.67. The molecular formula is C15H19N5. The second-order valence-electron chi connectivity index (χ2n) is 5.08. The van der Waals surface area contributed by atoms with Gasteiger partial charge in [0.25, 0.3) is 0 Å². The van der Waals surface area contributed by atoms with Gasteiger partial charge in [-0.2, -0.15) is 5.26 Å². The fourth-order valence-corrected chi connectivity index (χ4v) is 2.20. The number of likely N-dealkylation sites (N-methyl/N-ethyl adjacent to an activating group) is 1. The second kappa shape index (κ2) is 5.87. The first-order chi connectivity index (χ1) is 9.55. The topological polar surface area (TPSA) is 70.9 Å². The van der Waals surface area contributed by atoms with Crippen LogP contribution < -0.4 is 5.73 Å². The first kappa shape index (κ1) is 14.3. The van der Waals surface area contributed by atoms with Gasteiger partial charge in [0.1, 0.15) is 11.4 Å². The number of aromatic nitrogens is 2. The number of hydrogen-bond donors (Lipinski definition) is 1. The van der Waals surface area contributed by atoms with Crippen molar-refractivity contribution in [1.82, 2.24) is 14.5 Å². The summed E-state index contributed by atoms with van der Waals surface area (Å²) in [4.78, 5) is 6.29. The number of aryl methyl sites for hydroxylation is 1. The summed E-state index contributed by atoms with van der Waals surface area (Å²) in [5, 5.41) is 9.45. The molecule has 5 nitrogen and oxygen atoms in total. The minimum Gasteiger partial charge on any atom is -0.337 e. The molecule has 0 fully saturated rings. The van der Waals surface area contributed by atoms with Crippen molar-refractivity contribution in [2.24, 2.45) is 12.8 Å². The molecule has 0 aliphatic heterocycles. The maximum absolute atomic E-state index is 9.45. The lowest BCUT2D eigenvalue weighted by molar-refractivity contribution is 0.266. The SMILES string of the molecule is CN(Cc1nccn1C)CC(N)(C#N)c1ccccc1. The Morgan fingerprint density at radius 1 is 1.40 bits per heavy atom. The Hall–Kier alpha value is -2.16. The summed E-state index contributed by atoms with van der Waals surface area (Å²) in [6, 6.07) is 11.7. The van der Waals surface area contributed by atoms with Crippen LogP contribution in [0.4, 0.5) is 0 Å². The van der Waals surface area contributed by atoms with Crippen molar-refractivity contribution < 1.29 is 0 Å². The maximum Gasteiger partial charge on any atom is 0.142 e. The van der Waals surface area contributed by atoms with E-state index in [-0.39, 0.29) is 0 Å². The van der Waals surface area contributed by atoms with Crippen molar-refractivity contribution >= 4 is 0 Å². The zero-order valence-corrected chi connectivity index (χ0v) is 11.8. The summed E-state index contributed by atoms with van der Waals surface area (Å²) in [5.41, 5.74) is 6.07. The van der Waals surface area contributed by atoms with Crippen molar-refractivity contribution in [2.75, 3.05) is 13.6 Å². The molecule has 0 spiro atoms. The number of rotatable bonds is 5. The molecule has 20 heavy (non-hydrogen) atoms. The summed E-state index contributed by atoms with van der Waals surface area (Å²) in [5.74, 6) is 0.945. The third-order valence-corrected chi connectivity index (χ3v) is 3.34. The molecule has 5 heteroatoms. The standard InChI is InChI=1S/C15H19N5/c1-19(10-14-18-8-9-20(14)2)12-15(17,11-16)13-6-4-3-5-7-13/h3-9H,10,12,17H2,1-2H3. The van der Waals surface area contributed by atoms with Crippen LogP contribution in [-0.4, -0.2) is 28.0 Å². The van der Waals surface area contributed by atoms with Crippen LogP contribution in [0.15, 0.2) is 42.7 Å². The molecule has 2 N–H and O–H groups in total. The quantitative estimate of drug-likeness (QED) is 0.886. The fraction of sp³-hybridized carbons (Fsp3) is 0.333. The van der Waals surface area contributed by atoms with Crippen molar-refractivity contribution in [2.45, 2.75) is 12.1 Å². The minimum absolute atomic E-state index is 0.445. The number of nitrogens with zero attached hydrogens (tertiary/aromatic N) is 4. The first-order valence-corrected chi connectivity index (χ1v) is 6.45. The lowest BCUT2D eigenvalue weighted by Gasteiger charge is -2.27. The molecular weight excluding hydrogens is 250 g/mol. The predicted octanol–water partition coefficient (Wildman–Crippen LogP) is 1.23. The molecule has 0 bridgehead atoms. The van der Waals surface area contributed by atoms with E-state index >= 15 is 0 Å². The second-order valence-corrected chi connectivity index (χ2v) is 5.08. The van der Waals surface area contributed by atoms with Gasteiger partial charge in [-0.15, -0.1) is 0 Å². The Morgan fingerprint density at radius 3 is 2.65 bits per heavy atom. The Bertz CT molecular complexity index is 598. The van der Waals surface area contributed by atoms with Crippen LogP contribution in [0.2, 0.25) is 0 Å². The molecule has 0 saturated carbocycles. The summed E-state index contributed by atoms with van der Waals surface area (Å²) < 4.78 is 1.96. The van der Waals surface area contributed by atoms with E-state index in [4.69, 9.17) is 5.73 Å². The number of imidazole rings is 1. The smallest absolute Gasteiger partial charge is 0.142 e. The van der Waals surface area contributed by atoms with Crippen LogP contribution in [0.3, 0.4) is 0 Å². The van der Waals surface area contributed by atoms with Crippen molar-refractivity contribution in [1.29, 1.82) is 5.26 Å². The van der Waals surface area contributed by atoms with E-state index in [1.807, 2.05) is 60.1 Å². The Kier molecular flexibility index (Phi) is 4.18. The average molecular weight is 269 g/mol. The van der Waals surface area contributed by atoms with Gasteiger partial charge in [-0.1, -0.05) is 30.3 Å². The maximum atomic E-state index is 9.45. The first-order valence-electron chi connectivity index (χ1n) is 6.45. The van der Waals surface area contributed by atoms with E-state index in [1.165, 1.54) is 0 Å². The zero-order valence-electron chi connectivity index (χ0n) is 11.8. The molecule has 2 rings (SSSR count). The summed E-state index contributed by atoms with van der Waals surface area (Å²) in [6.45, 7) is 1.09. The molecule has 1 aromatic heterocycles. The molecule has 0 saturated heterocycles. The van der Waals surface area contributed by atoms with Gasteiger partial charge in [-0.25, -0.2) is 4.98 Å². The summed E-state index contributed by atoms with van der Waals surface area (Å²) >= 11 is 0. The van der Waals surface area contributed by atoms with Crippen LogP contribution in [0, 0.1) is 11.3 Å². The predicted molar refractivity (Wildman–Crippen MR) is 77.5 cm³/mol. The largest absolute Gasteiger partial charge is 0.337 e. The molecule has 1 atom stereocenters. The van der Waals surface area contributed by atoms with Gasteiger partial charge >= 0.3 is 0 Å². The number of nitrogens with two attached hydrogens (primary N) is 1.